The Hall–Kier alpha value is -13.7. The topological polar surface area (TPSA) is 426 Å². The van der Waals surface area contributed by atoms with E-state index < -0.39 is 97.6 Å². The first kappa shape index (κ1) is 87.2. The van der Waals surface area contributed by atoms with E-state index in [9.17, 15) is 57.5 Å². The van der Waals surface area contributed by atoms with E-state index in [-0.39, 0.29) is 147 Å². The van der Waals surface area contributed by atoms with E-state index in [4.69, 9.17) is 37.9 Å². The Morgan fingerprint density at radius 2 is 0.400 bits per heavy atom. The molecule has 120 heavy (non-hydrogen) atoms. The average Bonchev–Trinajstić information content (AvgIpc) is 0.831. The van der Waals surface area contributed by atoms with Crippen LogP contribution in [0.1, 0.15) is 233 Å². The normalized spacial score (nSPS) is 13.7. The molecule has 32 nitrogen and oxygen atoms in total. The van der Waals surface area contributed by atoms with Gasteiger partial charge in [0.15, 0.2) is 26.4 Å². The van der Waals surface area contributed by atoms with Crippen molar-refractivity contribution < 1.29 is 95.4 Å². The van der Waals surface area contributed by atoms with Crippen molar-refractivity contribution in [2.75, 3.05) is 52.9 Å². The number of hydrogen-bond acceptors (Lipinski definition) is 24. The van der Waals surface area contributed by atoms with Crippen LogP contribution in [0.15, 0.2) is 121 Å². The standard InChI is InChI=1S/C88H96N12O20/c1-5-9-13-17-113-77(101)49-117-65-33-69-81(105)89-41-53-21-55-27-61(25-53)63-29-57-23-59(31-63)47-95-87(111)75-39-68(120-52-80(104)116-20-16-12-8-4)40-76(100-75)88(112)96-48-60-24-58(46-94-86(110)74-38-67(37-73(99-74)85(109)93-45-57)119-51-79(103)115-19-15-11-7-3)30-64(32-60)62-26-54(42-90-82(106)70(34-65)97-69)22-56(28-62)44-92-84(108)72-36-66(35-71(98-72)83(107)91-43-55)118-50-78(102)114-18-14-10-6-2/h21-40H,5-20,41-52H2,1-4H3,(H,89,105)(H,90,106)(H,91,107)(H,92,108)(H,93,109)(H,94,110)(H,95,111)(H,96,112). The minimum atomic E-state index is -0.798. The number of carbonyl (C=O) groups excluding carboxylic acids is 12. The van der Waals surface area contributed by atoms with Crippen molar-refractivity contribution in [3.8, 4) is 45.3 Å². The van der Waals surface area contributed by atoms with Crippen LogP contribution in [0.4, 0.5) is 0 Å². The highest BCUT2D eigenvalue weighted by atomic mass is 16.6. The lowest BCUT2D eigenvalue weighted by Gasteiger charge is -2.17. The van der Waals surface area contributed by atoms with Gasteiger partial charge < -0.3 is 80.4 Å². The van der Waals surface area contributed by atoms with Crippen molar-refractivity contribution in [3.63, 3.8) is 0 Å². The third kappa shape index (κ3) is 26.2. The van der Waals surface area contributed by atoms with E-state index in [2.05, 4.69) is 62.5 Å². The Morgan fingerprint density at radius 1 is 0.242 bits per heavy atom. The molecule has 32 heteroatoms. The molecule has 4 aromatic heterocycles. The van der Waals surface area contributed by atoms with Gasteiger partial charge in [-0.25, -0.2) is 39.1 Å². The molecular formula is C88H96N12O20. The third-order valence-electron chi connectivity index (χ3n) is 19.0. The predicted molar refractivity (Wildman–Crippen MR) is 434 cm³/mol. The van der Waals surface area contributed by atoms with Crippen LogP contribution < -0.4 is 61.5 Å². The molecule has 0 atom stereocenters. The van der Waals surface area contributed by atoms with Crippen molar-refractivity contribution in [1.29, 1.82) is 0 Å². The van der Waals surface area contributed by atoms with Gasteiger partial charge in [-0.15, -0.1) is 0 Å². The van der Waals surface area contributed by atoms with E-state index in [0.717, 1.165) is 51.4 Å². The number of hydrogen-bond donors (Lipinski definition) is 8. The second-order valence-corrected chi connectivity index (χ2v) is 28.8. The molecule has 0 unspecified atom stereocenters. The molecule has 0 saturated carbocycles. The fourth-order valence-corrected chi connectivity index (χ4v) is 12.9. The number of amides is 8. The minimum Gasteiger partial charge on any atom is -0.482 e. The largest absolute Gasteiger partial charge is 0.482 e. The number of rotatable bonds is 28. The van der Waals surface area contributed by atoms with E-state index in [1.165, 1.54) is 48.5 Å². The minimum absolute atomic E-state index is 0.0842. The fourth-order valence-electron chi connectivity index (χ4n) is 12.9. The molecule has 0 saturated heterocycles. The van der Waals surface area contributed by atoms with Gasteiger partial charge in [-0.3, -0.25) is 38.4 Å². The molecule has 8 N–H and O–H groups in total. The predicted octanol–water partition coefficient (Wildman–Crippen LogP) is 9.43. The lowest BCUT2D eigenvalue weighted by atomic mass is 9.95. The second kappa shape index (κ2) is 43.5. The van der Waals surface area contributed by atoms with Gasteiger partial charge in [-0.1, -0.05) is 103 Å². The number of fused-ring (bicyclic) bond motifs is 22. The summed E-state index contributed by atoms with van der Waals surface area (Å²) in [5.41, 5.74) is 2.47. The Bertz CT molecular complexity index is 4290. The molecule has 0 fully saturated rings. The van der Waals surface area contributed by atoms with Crippen LogP contribution in [0, 0.1) is 0 Å². The highest BCUT2D eigenvalue weighted by molar-refractivity contribution is 6.00. The summed E-state index contributed by atoms with van der Waals surface area (Å²) in [6, 6.07) is 30.6. The first-order chi connectivity index (χ1) is 58.1. The monoisotopic (exact) mass is 1640 g/mol. The summed E-state index contributed by atoms with van der Waals surface area (Å²) >= 11 is 0. The van der Waals surface area contributed by atoms with E-state index in [1.54, 1.807) is 72.8 Å². The van der Waals surface area contributed by atoms with E-state index in [1.807, 2.05) is 27.7 Å². The lowest BCUT2D eigenvalue weighted by Crippen LogP contribution is -2.29. The van der Waals surface area contributed by atoms with Gasteiger partial charge in [0.2, 0.25) is 0 Å². The maximum atomic E-state index is 14.8. The molecule has 7 heterocycles. The Morgan fingerprint density at radius 3 is 0.550 bits per heavy atom. The van der Waals surface area contributed by atoms with Crippen LogP contribution in [0.5, 0.6) is 23.0 Å². The molecule has 628 valence electrons. The van der Waals surface area contributed by atoms with Crippen molar-refractivity contribution in [2.24, 2.45) is 0 Å². The first-order valence-corrected chi connectivity index (χ1v) is 40.1. The van der Waals surface area contributed by atoms with Crippen molar-refractivity contribution in [1.82, 2.24) is 62.5 Å². The molecule has 20 bridgehead atoms. The molecule has 4 aromatic carbocycles. The summed E-state index contributed by atoms with van der Waals surface area (Å²) in [4.78, 5) is 189. The smallest absolute Gasteiger partial charge is 0.344 e. The Labute approximate surface area is 692 Å². The molecule has 0 spiro atoms. The summed E-state index contributed by atoms with van der Waals surface area (Å²) < 4.78 is 45.3. The lowest BCUT2D eigenvalue weighted by molar-refractivity contribution is -0.147. The number of esters is 4. The highest BCUT2D eigenvalue weighted by Gasteiger charge is 2.26. The van der Waals surface area contributed by atoms with Gasteiger partial charge in [0.25, 0.3) is 47.3 Å². The van der Waals surface area contributed by atoms with Gasteiger partial charge in [-0.2, -0.15) is 0 Å². The summed E-state index contributed by atoms with van der Waals surface area (Å²) in [7, 11) is 0. The molecule has 3 aliphatic heterocycles. The molecule has 11 rings (SSSR count). The van der Waals surface area contributed by atoms with Crippen molar-refractivity contribution in [2.45, 2.75) is 157 Å². The van der Waals surface area contributed by atoms with Gasteiger partial charge in [0, 0.05) is 101 Å². The molecule has 3 aliphatic rings. The Kier molecular flexibility index (Phi) is 31.6. The summed E-state index contributed by atoms with van der Waals surface area (Å²) in [6.45, 7) is 4.13. The number of carbonyl (C=O) groups is 12. The number of pyridine rings is 4. The molecule has 8 amide bonds. The van der Waals surface area contributed by atoms with Crippen molar-refractivity contribution in [3.05, 3.63) is 211 Å². The quantitative estimate of drug-likeness (QED) is 0.0128. The van der Waals surface area contributed by atoms with E-state index >= 15 is 0 Å². The van der Waals surface area contributed by atoms with Crippen LogP contribution in [0.3, 0.4) is 0 Å². The maximum Gasteiger partial charge on any atom is 0.344 e. The number of nitrogens with zero attached hydrogens (tertiary/aromatic N) is 4. The van der Waals surface area contributed by atoms with Gasteiger partial charge >= 0.3 is 23.9 Å². The molecule has 0 aliphatic carbocycles. The van der Waals surface area contributed by atoms with E-state index in [0.29, 0.717) is 92.4 Å². The van der Waals surface area contributed by atoms with Crippen LogP contribution in [-0.4, -0.2) is 144 Å². The highest BCUT2D eigenvalue weighted by Crippen LogP contribution is 2.31. The molecule has 0 radical (unpaired) electrons. The number of ether oxygens (including phenoxy) is 8. The molecular weight excluding hydrogens is 1550 g/mol. The average molecular weight is 1640 g/mol. The zero-order valence-corrected chi connectivity index (χ0v) is 67.3. The number of benzene rings is 4. The Balaban J connectivity index is 1.10. The van der Waals surface area contributed by atoms with Gasteiger partial charge in [-0.05, 0) is 141 Å². The maximum absolute atomic E-state index is 14.8. The zero-order valence-electron chi connectivity index (χ0n) is 67.3. The first-order valence-electron chi connectivity index (χ1n) is 40.1. The summed E-state index contributed by atoms with van der Waals surface area (Å²) in [5, 5.41) is 23.2. The second-order valence-electron chi connectivity index (χ2n) is 28.8. The zero-order chi connectivity index (χ0) is 84.9. The van der Waals surface area contributed by atoms with Gasteiger partial charge in [0.05, 0.1) is 26.4 Å². The third-order valence-corrected chi connectivity index (χ3v) is 19.0. The van der Waals surface area contributed by atoms with Crippen LogP contribution in [0.25, 0.3) is 22.3 Å². The van der Waals surface area contributed by atoms with Gasteiger partial charge in [0.1, 0.15) is 68.5 Å². The number of nitrogens with one attached hydrogen (secondary N) is 8. The van der Waals surface area contributed by atoms with Crippen LogP contribution >= 0.6 is 0 Å². The SMILES string of the molecule is CCCCCOC(=O)COc1cc2nc(c1)C(=O)NCc1cc3cc(c1)-c1cc4cc(c1)CNC(=O)c1cc(OCC(=O)OCCCCC)cc(n1)C(=O)NCc1cc(cc(c1)-c1cc(cc(c1)CNC(=O)c1cc(OCC(=O)OCCCCC)cc(n1)C(=O)NC3)CNC2=O)CNC(=O)c1cc(OCC(=O)OCCCCC)cc(n1)C(=O)NC4. The van der Waals surface area contributed by atoms with Crippen LogP contribution in [-0.2, 0) is 90.5 Å². The summed E-state index contributed by atoms with van der Waals surface area (Å²) in [6.07, 6.45) is 9.31. The molecule has 8 aromatic rings. The number of aromatic nitrogens is 4. The fraction of sp³-hybridized carbons (Fsp3) is 0.364. The number of unbranched alkanes of at least 4 members (excludes halogenated alkanes) is 8. The summed E-state index contributed by atoms with van der Waals surface area (Å²) in [5.74, 6) is -9.52. The van der Waals surface area contributed by atoms with Crippen LogP contribution in [0.2, 0.25) is 0 Å². The van der Waals surface area contributed by atoms with Crippen molar-refractivity contribution >= 4 is 71.1 Å².